The van der Waals surface area contributed by atoms with E-state index in [1.54, 1.807) is 0 Å². The molecule has 0 aromatic carbocycles. The standard InChI is InChI=1S/C12H25NO2S/c1-2-6-13-11(5-7-14)9-16-10-12-4-3-8-15-12/h11-14H,2-10H2,1H3. The van der Waals surface area contributed by atoms with Crippen molar-refractivity contribution in [3.63, 3.8) is 0 Å². The first kappa shape index (κ1) is 14.3. The van der Waals surface area contributed by atoms with Gasteiger partial charge in [-0.3, -0.25) is 0 Å². The Morgan fingerprint density at radius 2 is 2.44 bits per heavy atom. The van der Waals surface area contributed by atoms with Gasteiger partial charge >= 0.3 is 0 Å². The van der Waals surface area contributed by atoms with E-state index in [1.807, 2.05) is 11.8 Å². The molecule has 0 aliphatic carbocycles. The highest BCUT2D eigenvalue weighted by atomic mass is 32.2. The van der Waals surface area contributed by atoms with Crippen LogP contribution >= 0.6 is 11.8 Å². The van der Waals surface area contributed by atoms with Gasteiger partial charge in [0.1, 0.15) is 0 Å². The molecule has 1 heterocycles. The lowest BCUT2D eigenvalue weighted by Crippen LogP contribution is -2.33. The Morgan fingerprint density at radius 3 is 3.06 bits per heavy atom. The van der Waals surface area contributed by atoms with Gasteiger partial charge < -0.3 is 15.2 Å². The smallest absolute Gasteiger partial charge is 0.0666 e. The molecule has 1 rings (SSSR count). The molecule has 0 bridgehead atoms. The molecule has 0 aromatic rings. The van der Waals surface area contributed by atoms with Crippen LogP contribution in [0.1, 0.15) is 32.6 Å². The van der Waals surface area contributed by atoms with Gasteiger partial charge in [-0.2, -0.15) is 11.8 Å². The summed E-state index contributed by atoms with van der Waals surface area (Å²) in [7, 11) is 0. The van der Waals surface area contributed by atoms with E-state index in [0.29, 0.717) is 12.1 Å². The molecule has 1 saturated heterocycles. The number of thioether (sulfide) groups is 1. The van der Waals surface area contributed by atoms with Gasteiger partial charge in [0.2, 0.25) is 0 Å². The predicted octanol–water partition coefficient (Wildman–Crippen LogP) is 1.65. The lowest BCUT2D eigenvalue weighted by molar-refractivity contribution is 0.129. The van der Waals surface area contributed by atoms with Crippen LogP contribution in [0.4, 0.5) is 0 Å². The molecule has 1 aliphatic heterocycles. The van der Waals surface area contributed by atoms with E-state index in [-0.39, 0.29) is 6.61 Å². The topological polar surface area (TPSA) is 41.5 Å². The second-order valence-corrected chi connectivity index (χ2v) is 5.41. The number of hydrogen-bond acceptors (Lipinski definition) is 4. The SMILES string of the molecule is CCCNC(CCO)CSCC1CCCO1. The highest BCUT2D eigenvalue weighted by Gasteiger charge is 2.16. The minimum Gasteiger partial charge on any atom is -0.396 e. The second kappa shape index (κ2) is 9.28. The van der Waals surface area contributed by atoms with Crippen LogP contribution in [-0.2, 0) is 4.74 Å². The number of aliphatic hydroxyl groups is 1. The largest absolute Gasteiger partial charge is 0.396 e. The number of hydrogen-bond donors (Lipinski definition) is 2. The van der Waals surface area contributed by atoms with E-state index in [9.17, 15) is 0 Å². The Morgan fingerprint density at radius 1 is 1.56 bits per heavy atom. The van der Waals surface area contributed by atoms with Crippen LogP contribution in [-0.4, -0.2) is 48.5 Å². The molecular formula is C12H25NO2S. The van der Waals surface area contributed by atoms with Crippen molar-refractivity contribution in [1.82, 2.24) is 5.32 Å². The molecule has 96 valence electrons. The van der Waals surface area contributed by atoms with Crippen molar-refractivity contribution in [1.29, 1.82) is 0 Å². The molecule has 2 N–H and O–H groups in total. The van der Waals surface area contributed by atoms with E-state index in [4.69, 9.17) is 9.84 Å². The van der Waals surface area contributed by atoms with Gasteiger partial charge in [-0.1, -0.05) is 6.92 Å². The quantitative estimate of drug-likeness (QED) is 0.650. The predicted molar refractivity (Wildman–Crippen MR) is 70.1 cm³/mol. The minimum atomic E-state index is 0.280. The summed E-state index contributed by atoms with van der Waals surface area (Å²) in [5.41, 5.74) is 0. The maximum absolute atomic E-state index is 8.97. The molecule has 0 saturated carbocycles. The average molecular weight is 247 g/mol. The Bertz CT molecular complexity index is 163. The third kappa shape index (κ3) is 6.09. The molecule has 3 nitrogen and oxygen atoms in total. The maximum Gasteiger partial charge on any atom is 0.0666 e. The summed E-state index contributed by atoms with van der Waals surface area (Å²) in [4.78, 5) is 0. The van der Waals surface area contributed by atoms with Gasteiger partial charge in [0, 0.05) is 30.8 Å². The number of rotatable bonds is 9. The summed E-state index contributed by atoms with van der Waals surface area (Å²) in [5.74, 6) is 2.19. The summed E-state index contributed by atoms with van der Waals surface area (Å²) in [5, 5.41) is 12.4. The van der Waals surface area contributed by atoms with Crippen molar-refractivity contribution in [3.8, 4) is 0 Å². The van der Waals surface area contributed by atoms with E-state index in [1.165, 1.54) is 12.8 Å². The summed E-state index contributed by atoms with van der Waals surface area (Å²) < 4.78 is 5.59. The molecule has 0 amide bonds. The van der Waals surface area contributed by atoms with E-state index in [0.717, 1.165) is 37.5 Å². The van der Waals surface area contributed by atoms with Crippen LogP contribution in [0, 0.1) is 0 Å². The van der Waals surface area contributed by atoms with Crippen LogP contribution < -0.4 is 5.32 Å². The molecule has 1 fully saturated rings. The van der Waals surface area contributed by atoms with Crippen LogP contribution in [0.5, 0.6) is 0 Å². The fourth-order valence-corrected chi connectivity index (χ4v) is 3.10. The van der Waals surface area contributed by atoms with Crippen LogP contribution in [0.2, 0.25) is 0 Å². The summed E-state index contributed by atoms with van der Waals surface area (Å²) in [6.45, 7) is 4.44. The second-order valence-electron chi connectivity index (χ2n) is 4.34. The first-order valence-corrected chi connectivity index (χ1v) is 7.55. The van der Waals surface area contributed by atoms with Gasteiger partial charge in [0.05, 0.1) is 6.10 Å². The van der Waals surface area contributed by atoms with E-state index >= 15 is 0 Å². The Hall–Kier alpha value is 0.230. The van der Waals surface area contributed by atoms with Gasteiger partial charge in [-0.05, 0) is 32.2 Å². The Balaban J connectivity index is 2.05. The first-order chi connectivity index (χ1) is 7.86. The van der Waals surface area contributed by atoms with Crippen LogP contribution in [0.15, 0.2) is 0 Å². The van der Waals surface area contributed by atoms with Gasteiger partial charge in [-0.25, -0.2) is 0 Å². The molecule has 2 atom stereocenters. The number of nitrogens with one attached hydrogen (secondary N) is 1. The molecule has 0 spiro atoms. The summed E-state index contributed by atoms with van der Waals surface area (Å²) in [6.07, 6.45) is 4.93. The molecule has 16 heavy (non-hydrogen) atoms. The lowest BCUT2D eigenvalue weighted by atomic mass is 10.2. The average Bonchev–Trinajstić information content (AvgIpc) is 2.79. The molecule has 0 aromatic heterocycles. The van der Waals surface area contributed by atoms with Crippen LogP contribution in [0.25, 0.3) is 0 Å². The van der Waals surface area contributed by atoms with Crippen molar-refractivity contribution in [2.24, 2.45) is 0 Å². The Kier molecular flexibility index (Phi) is 8.29. The van der Waals surface area contributed by atoms with Crippen molar-refractivity contribution >= 4 is 11.8 Å². The van der Waals surface area contributed by atoms with Gasteiger partial charge in [0.15, 0.2) is 0 Å². The minimum absolute atomic E-state index is 0.280. The van der Waals surface area contributed by atoms with E-state index in [2.05, 4.69) is 12.2 Å². The third-order valence-electron chi connectivity index (χ3n) is 2.81. The van der Waals surface area contributed by atoms with Crippen molar-refractivity contribution in [3.05, 3.63) is 0 Å². The molecule has 2 unspecified atom stereocenters. The maximum atomic E-state index is 8.97. The highest BCUT2D eigenvalue weighted by Crippen LogP contribution is 2.17. The monoisotopic (exact) mass is 247 g/mol. The molecule has 0 radical (unpaired) electrons. The first-order valence-electron chi connectivity index (χ1n) is 6.40. The van der Waals surface area contributed by atoms with Gasteiger partial charge in [0.25, 0.3) is 0 Å². The molecule has 1 aliphatic rings. The third-order valence-corrected chi connectivity index (χ3v) is 4.05. The normalized spacial score (nSPS) is 22.5. The molecule has 4 heteroatoms. The van der Waals surface area contributed by atoms with Crippen molar-refractivity contribution in [2.45, 2.75) is 44.8 Å². The fraction of sp³-hybridized carbons (Fsp3) is 1.00. The summed E-state index contributed by atoms with van der Waals surface area (Å²) >= 11 is 1.95. The lowest BCUT2D eigenvalue weighted by Gasteiger charge is -2.18. The van der Waals surface area contributed by atoms with E-state index < -0.39 is 0 Å². The van der Waals surface area contributed by atoms with Crippen molar-refractivity contribution in [2.75, 3.05) is 31.3 Å². The molecular weight excluding hydrogens is 222 g/mol. The van der Waals surface area contributed by atoms with Gasteiger partial charge in [-0.15, -0.1) is 0 Å². The number of ether oxygens (including phenoxy) is 1. The Labute approximate surface area is 103 Å². The summed E-state index contributed by atoms with van der Waals surface area (Å²) in [6, 6.07) is 0.455. The zero-order valence-corrected chi connectivity index (χ0v) is 11.1. The van der Waals surface area contributed by atoms with Crippen LogP contribution in [0.3, 0.4) is 0 Å². The zero-order chi connectivity index (χ0) is 11.6. The van der Waals surface area contributed by atoms with Crippen molar-refractivity contribution < 1.29 is 9.84 Å². The fourth-order valence-electron chi connectivity index (χ4n) is 1.87. The highest BCUT2D eigenvalue weighted by molar-refractivity contribution is 7.99. The zero-order valence-electron chi connectivity index (χ0n) is 10.3. The number of aliphatic hydroxyl groups excluding tert-OH is 1.